The van der Waals surface area contributed by atoms with E-state index in [0.29, 0.717) is 12.3 Å². The Kier molecular flexibility index (Phi) is 4.43. The van der Waals surface area contributed by atoms with E-state index in [1.165, 1.54) is 0 Å². The molecule has 2 N–H and O–H groups in total. The average molecular weight is 265 g/mol. The van der Waals surface area contributed by atoms with Crippen molar-refractivity contribution in [2.45, 2.75) is 12.6 Å². The van der Waals surface area contributed by atoms with Gasteiger partial charge in [0, 0.05) is 13.2 Å². The van der Waals surface area contributed by atoms with Crippen LogP contribution in [-0.2, 0) is 6.18 Å². The zero-order valence-corrected chi connectivity index (χ0v) is 9.07. The Labute approximate surface area is 99.6 Å². The summed E-state index contributed by atoms with van der Waals surface area (Å²) in [7, 11) is 0. The predicted octanol–water partition coefficient (Wildman–Crippen LogP) is 1.80. The van der Waals surface area contributed by atoms with Crippen molar-refractivity contribution >= 4 is 11.4 Å². The first-order valence-corrected chi connectivity index (χ1v) is 4.92. The Hall–Kier alpha value is -1.90. The summed E-state index contributed by atoms with van der Waals surface area (Å²) in [5.41, 5.74) is -2.02. The zero-order valence-electron chi connectivity index (χ0n) is 9.07. The van der Waals surface area contributed by atoms with E-state index < -0.39 is 22.5 Å². The van der Waals surface area contributed by atoms with Gasteiger partial charge in [0.1, 0.15) is 17.6 Å². The molecule has 0 fully saturated rings. The van der Waals surface area contributed by atoms with Crippen LogP contribution in [0.15, 0.2) is 12.3 Å². The summed E-state index contributed by atoms with van der Waals surface area (Å²) in [5.74, 6) is 0. The van der Waals surface area contributed by atoms with Crippen LogP contribution in [0.3, 0.4) is 0 Å². The largest absolute Gasteiger partial charge is 0.433 e. The maximum Gasteiger partial charge on any atom is 0.433 e. The van der Waals surface area contributed by atoms with Gasteiger partial charge in [-0.05, 0) is 12.5 Å². The van der Waals surface area contributed by atoms with Gasteiger partial charge in [-0.1, -0.05) is 0 Å². The van der Waals surface area contributed by atoms with Gasteiger partial charge in [0.2, 0.25) is 0 Å². The summed E-state index contributed by atoms with van der Waals surface area (Å²) in [6.07, 6.45) is -3.84. The molecule has 1 heterocycles. The molecule has 100 valence electrons. The second kappa shape index (κ2) is 5.63. The quantitative estimate of drug-likeness (QED) is 0.481. The smallest absolute Gasteiger partial charge is 0.396 e. The number of hydrogen-bond acceptors (Lipinski definition) is 5. The highest BCUT2D eigenvalue weighted by Crippen LogP contribution is 2.32. The van der Waals surface area contributed by atoms with Crippen molar-refractivity contribution in [2.75, 3.05) is 18.5 Å². The number of aromatic nitrogens is 1. The molecule has 0 amide bonds. The molecule has 1 aromatic rings. The van der Waals surface area contributed by atoms with Gasteiger partial charge in [-0.15, -0.1) is 0 Å². The average Bonchev–Trinajstić information content (AvgIpc) is 2.27. The lowest BCUT2D eigenvalue weighted by molar-refractivity contribution is -0.384. The molecule has 0 atom stereocenters. The SMILES string of the molecule is O=[N+]([O-])c1cnc(C(F)(F)F)cc1NCCCO. The summed E-state index contributed by atoms with van der Waals surface area (Å²) >= 11 is 0. The number of nitrogens with zero attached hydrogens (tertiary/aromatic N) is 2. The predicted molar refractivity (Wildman–Crippen MR) is 56.1 cm³/mol. The highest BCUT2D eigenvalue weighted by molar-refractivity contribution is 5.61. The van der Waals surface area contributed by atoms with E-state index in [9.17, 15) is 23.3 Å². The van der Waals surface area contributed by atoms with Gasteiger partial charge in [-0.25, -0.2) is 4.98 Å². The third-order valence-electron chi connectivity index (χ3n) is 2.02. The number of nitrogens with one attached hydrogen (secondary N) is 1. The van der Waals surface area contributed by atoms with Crippen molar-refractivity contribution in [1.82, 2.24) is 4.98 Å². The van der Waals surface area contributed by atoms with E-state index in [2.05, 4.69) is 10.3 Å². The first-order chi connectivity index (χ1) is 8.36. The molecule has 6 nitrogen and oxygen atoms in total. The van der Waals surface area contributed by atoms with Gasteiger partial charge in [-0.2, -0.15) is 13.2 Å². The number of aliphatic hydroxyl groups excluding tert-OH is 1. The lowest BCUT2D eigenvalue weighted by Crippen LogP contribution is -2.11. The number of aliphatic hydroxyl groups is 1. The molecule has 1 aromatic heterocycles. The minimum atomic E-state index is -4.66. The van der Waals surface area contributed by atoms with E-state index >= 15 is 0 Å². The van der Waals surface area contributed by atoms with Gasteiger partial charge in [-0.3, -0.25) is 10.1 Å². The number of alkyl halides is 3. The zero-order chi connectivity index (χ0) is 13.8. The van der Waals surface area contributed by atoms with Crippen LogP contribution in [-0.4, -0.2) is 28.2 Å². The Morgan fingerprint density at radius 2 is 2.17 bits per heavy atom. The van der Waals surface area contributed by atoms with Crippen molar-refractivity contribution in [2.24, 2.45) is 0 Å². The van der Waals surface area contributed by atoms with Crippen LogP contribution in [0.2, 0.25) is 0 Å². The summed E-state index contributed by atoms with van der Waals surface area (Å²) in [4.78, 5) is 12.8. The van der Waals surface area contributed by atoms with Gasteiger partial charge in [0.05, 0.1) is 4.92 Å². The fourth-order valence-corrected chi connectivity index (χ4v) is 1.19. The third-order valence-corrected chi connectivity index (χ3v) is 2.02. The van der Waals surface area contributed by atoms with Gasteiger partial charge in [0.25, 0.3) is 0 Å². The van der Waals surface area contributed by atoms with Crippen molar-refractivity contribution in [3.8, 4) is 0 Å². The number of rotatable bonds is 5. The topological polar surface area (TPSA) is 88.3 Å². The van der Waals surface area contributed by atoms with Crippen LogP contribution in [0, 0.1) is 10.1 Å². The molecule has 0 aromatic carbocycles. The molecular formula is C9H10F3N3O3. The van der Waals surface area contributed by atoms with Crippen LogP contribution in [0.4, 0.5) is 24.5 Å². The number of pyridine rings is 1. The molecule has 0 saturated carbocycles. The monoisotopic (exact) mass is 265 g/mol. The minimum absolute atomic E-state index is 0.124. The fraction of sp³-hybridized carbons (Fsp3) is 0.444. The second-order valence-corrected chi connectivity index (χ2v) is 3.35. The van der Waals surface area contributed by atoms with Gasteiger partial charge in [0.15, 0.2) is 0 Å². The van der Waals surface area contributed by atoms with Crippen LogP contribution in [0.1, 0.15) is 12.1 Å². The second-order valence-electron chi connectivity index (χ2n) is 3.35. The van der Waals surface area contributed by atoms with Crippen molar-refractivity contribution in [3.05, 3.63) is 28.1 Å². The maximum absolute atomic E-state index is 12.4. The van der Waals surface area contributed by atoms with E-state index in [-0.39, 0.29) is 25.3 Å². The molecule has 0 spiro atoms. The molecule has 0 aliphatic rings. The molecule has 0 aliphatic heterocycles. The highest BCUT2D eigenvalue weighted by Gasteiger charge is 2.34. The molecule has 0 aliphatic carbocycles. The minimum Gasteiger partial charge on any atom is -0.396 e. The molecule has 0 unspecified atom stereocenters. The lowest BCUT2D eigenvalue weighted by Gasteiger charge is -2.09. The van der Waals surface area contributed by atoms with E-state index in [1.54, 1.807) is 0 Å². The number of halogens is 3. The van der Waals surface area contributed by atoms with Crippen LogP contribution in [0.25, 0.3) is 0 Å². The molecule has 0 saturated heterocycles. The Morgan fingerprint density at radius 3 is 2.67 bits per heavy atom. The summed E-state index contributed by atoms with van der Waals surface area (Å²) < 4.78 is 37.2. The third kappa shape index (κ3) is 3.55. The Morgan fingerprint density at radius 1 is 1.50 bits per heavy atom. The number of anilines is 1. The molecule has 1 rings (SSSR count). The highest BCUT2D eigenvalue weighted by atomic mass is 19.4. The van der Waals surface area contributed by atoms with Crippen molar-refractivity contribution in [3.63, 3.8) is 0 Å². The first kappa shape index (κ1) is 14.2. The summed E-state index contributed by atoms with van der Waals surface area (Å²) in [5, 5.41) is 21.6. The lowest BCUT2D eigenvalue weighted by atomic mass is 10.2. The molecule has 0 bridgehead atoms. The molecule has 0 radical (unpaired) electrons. The summed E-state index contributed by atoms with van der Waals surface area (Å²) in [6.45, 7) is -0.0450. The van der Waals surface area contributed by atoms with Gasteiger partial charge >= 0.3 is 11.9 Å². The Bertz CT molecular complexity index is 437. The maximum atomic E-state index is 12.4. The van der Waals surface area contributed by atoms with Crippen molar-refractivity contribution < 1.29 is 23.2 Å². The molecule has 18 heavy (non-hydrogen) atoms. The van der Waals surface area contributed by atoms with Gasteiger partial charge < -0.3 is 10.4 Å². The first-order valence-electron chi connectivity index (χ1n) is 4.92. The van der Waals surface area contributed by atoms with Crippen LogP contribution in [0.5, 0.6) is 0 Å². The fourth-order valence-electron chi connectivity index (χ4n) is 1.19. The Balaban J connectivity index is 3.04. The van der Waals surface area contributed by atoms with E-state index in [4.69, 9.17) is 5.11 Å². The van der Waals surface area contributed by atoms with Crippen molar-refractivity contribution in [1.29, 1.82) is 0 Å². The van der Waals surface area contributed by atoms with Crippen LogP contribution >= 0.6 is 0 Å². The summed E-state index contributed by atoms with van der Waals surface area (Å²) in [6, 6.07) is 0.579. The molecular weight excluding hydrogens is 255 g/mol. The number of nitro groups is 1. The van der Waals surface area contributed by atoms with E-state index in [0.717, 1.165) is 0 Å². The van der Waals surface area contributed by atoms with E-state index in [1.807, 2.05) is 0 Å². The normalized spacial score (nSPS) is 11.3. The molecule has 9 heteroatoms. The van der Waals surface area contributed by atoms with Crippen LogP contribution < -0.4 is 5.32 Å². The number of hydrogen-bond donors (Lipinski definition) is 2. The standard InChI is InChI=1S/C9H10F3N3O3/c10-9(11,12)8-4-6(13-2-1-3-16)7(5-14-8)15(17)18/h4-5,16H,1-3H2,(H,13,14).